The van der Waals surface area contributed by atoms with Crippen molar-refractivity contribution < 1.29 is 9.59 Å². The number of amides is 1. The molecule has 1 aliphatic heterocycles. The zero-order chi connectivity index (χ0) is 16.2. The van der Waals surface area contributed by atoms with Crippen molar-refractivity contribution in [3.63, 3.8) is 0 Å². The lowest BCUT2D eigenvalue weighted by Gasteiger charge is -2.30. The molecule has 2 rings (SSSR count). The first-order chi connectivity index (χ1) is 9.93. The molecule has 2 unspecified atom stereocenters. The molecule has 0 saturated heterocycles. The van der Waals surface area contributed by atoms with Crippen molar-refractivity contribution >= 4 is 11.7 Å². The van der Waals surface area contributed by atoms with Crippen LogP contribution in [0.15, 0.2) is 24.3 Å². The predicted molar refractivity (Wildman–Crippen MR) is 86.3 cm³/mol. The van der Waals surface area contributed by atoms with Gasteiger partial charge < -0.3 is 4.90 Å². The average molecular weight is 289 g/mol. The van der Waals surface area contributed by atoms with Gasteiger partial charge in [-0.2, -0.15) is 0 Å². The van der Waals surface area contributed by atoms with Crippen LogP contribution in [-0.4, -0.2) is 23.1 Å². The molecule has 0 bridgehead atoms. The summed E-state index contributed by atoms with van der Waals surface area (Å²) in [6.07, 6.45) is 0. The Morgan fingerprint density at radius 2 is 1.76 bits per heavy atom. The summed E-state index contributed by atoms with van der Waals surface area (Å²) in [6, 6.07) is 7.54. The van der Waals surface area contributed by atoms with Crippen LogP contribution in [0.3, 0.4) is 0 Å². The van der Waals surface area contributed by atoms with E-state index in [9.17, 15) is 9.59 Å². The first-order valence-electron chi connectivity index (χ1n) is 7.83. The molecule has 3 heteroatoms. The average Bonchev–Trinajstić information content (AvgIpc) is 2.73. The normalized spacial score (nSPS) is 18.1. The van der Waals surface area contributed by atoms with Crippen molar-refractivity contribution in [3.05, 3.63) is 35.4 Å². The van der Waals surface area contributed by atoms with Crippen molar-refractivity contribution in [1.29, 1.82) is 0 Å². The van der Waals surface area contributed by atoms with Crippen LogP contribution < -0.4 is 0 Å². The number of hydrogen-bond donors (Lipinski definition) is 0. The van der Waals surface area contributed by atoms with Crippen molar-refractivity contribution in [2.24, 2.45) is 11.8 Å². The van der Waals surface area contributed by atoms with Gasteiger partial charge >= 0.3 is 0 Å². The lowest BCUT2D eigenvalue weighted by atomic mass is 9.91. The lowest BCUT2D eigenvalue weighted by molar-refractivity contribution is -0.122. The number of carbonyl (C=O) groups excluding carboxylic acids is 2. The second-order valence-electron chi connectivity index (χ2n) is 5.78. The topological polar surface area (TPSA) is 37.4 Å². The minimum Gasteiger partial charge on any atom is -0.331 e. The number of carbonyl (C=O) groups is 2. The summed E-state index contributed by atoms with van der Waals surface area (Å²) in [5, 5.41) is 0. The SMILES string of the molecule is CC.CC(=O)C(C)C1c2ccccc2C(=O)N1CC(C)C. The monoisotopic (exact) mass is 289 g/mol. The summed E-state index contributed by atoms with van der Waals surface area (Å²) in [4.78, 5) is 26.1. The molecule has 21 heavy (non-hydrogen) atoms. The van der Waals surface area contributed by atoms with Crippen molar-refractivity contribution in [2.45, 2.75) is 47.6 Å². The van der Waals surface area contributed by atoms with Gasteiger partial charge in [-0.1, -0.05) is 52.8 Å². The Bertz CT molecular complexity index is 508. The van der Waals surface area contributed by atoms with E-state index in [2.05, 4.69) is 13.8 Å². The zero-order valence-electron chi connectivity index (χ0n) is 14.0. The summed E-state index contributed by atoms with van der Waals surface area (Å²) in [5.41, 5.74) is 1.75. The van der Waals surface area contributed by atoms with Crippen LogP contribution in [0.5, 0.6) is 0 Å². The Balaban J connectivity index is 0.00000106. The van der Waals surface area contributed by atoms with Crippen LogP contribution in [0.25, 0.3) is 0 Å². The van der Waals surface area contributed by atoms with Gasteiger partial charge in [0.1, 0.15) is 5.78 Å². The van der Waals surface area contributed by atoms with Crippen LogP contribution in [0.2, 0.25) is 0 Å². The van der Waals surface area contributed by atoms with E-state index in [-0.39, 0.29) is 23.7 Å². The Kier molecular flexibility index (Phi) is 6.13. The van der Waals surface area contributed by atoms with Crippen molar-refractivity contribution in [3.8, 4) is 0 Å². The Morgan fingerprint density at radius 3 is 2.29 bits per heavy atom. The van der Waals surface area contributed by atoms with E-state index in [0.29, 0.717) is 12.5 Å². The van der Waals surface area contributed by atoms with Gasteiger partial charge in [0.25, 0.3) is 5.91 Å². The van der Waals surface area contributed by atoms with E-state index in [1.807, 2.05) is 49.9 Å². The molecule has 116 valence electrons. The molecule has 0 spiro atoms. The van der Waals surface area contributed by atoms with Crippen molar-refractivity contribution in [1.82, 2.24) is 4.90 Å². The number of nitrogens with zero attached hydrogens (tertiary/aromatic N) is 1. The Morgan fingerprint density at radius 1 is 1.19 bits per heavy atom. The molecule has 0 aromatic heterocycles. The number of Topliss-reactive ketones (excluding diaryl/α,β-unsaturated/α-hetero) is 1. The summed E-state index contributed by atoms with van der Waals surface area (Å²) in [7, 11) is 0. The number of benzene rings is 1. The predicted octanol–water partition coefficient (Wildman–Crippen LogP) is 4.09. The van der Waals surface area contributed by atoms with Crippen molar-refractivity contribution in [2.75, 3.05) is 6.54 Å². The molecule has 1 heterocycles. The fraction of sp³-hybridized carbons (Fsp3) is 0.556. The zero-order valence-corrected chi connectivity index (χ0v) is 14.0. The molecule has 0 radical (unpaired) electrons. The maximum atomic E-state index is 12.5. The molecule has 1 aromatic carbocycles. The molecular weight excluding hydrogens is 262 g/mol. The highest BCUT2D eigenvalue weighted by Crippen LogP contribution is 2.39. The molecule has 0 saturated carbocycles. The number of hydrogen-bond acceptors (Lipinski definition) is 2. The first kappa shape index (κ1) is 17.4. The van der Waals surface area contributed by atoms with Gasteiger partial charge in [0.15, 0.2) is 0 Å². The van der Waals surface area contributed by atoms with Crippen LogP contribution in [0.4, 0.5) is 0 Å². The molecule has 2 atom stereocenters. The summed E-state index contributed by atoms with van der Waals surface area (Å²) in [6.45, 7) is 12.4. The molecule has 0 fully saturated rings. The third-order valence-corrected chi connectivity index (χ3v) is 3.78. The van der Waals surface area contributed by atoms with E-state index < -0.39 is 0 Å². The highest BCUT2D eigenvalue weighted by molar-refractivity contribution is 6.00. The Labute approximate surface area is 128 Å². The highest BCUT2D eigenvalue weighted by atomic mass is 16.2. The van der Waals surface area contributed by atoms with E-state index in [1.165, 1.54) is 0 Å². The number of ketones is 1. The second kappa shape index (κ2) is 7.39. The summed E-state index contributed by atoms with van der Waals surface area (Å²) >= 11 is 0. The fourth-order valence-electron chi connectivity index (χ4n) is 2.75. The van der Waals surface area contributed by atoms with Gasteiger partial charge in [0, 0.05) is 18.0 Å². The maximum Gasteiger partial charge on any atom is 0.254 e. The third-order valence-electron chi connectivity index (χ3n) is 3.78. The molecule has 1 aromatic rings. The van der Waals surface area contributed by atoms with Gasteiger partial charge in [0.2, 0.25) is 0 Å². The molecule has 3 nitrogen and oxygen atoms in total. The minimum atomic E-state index is -0.161. The van der Waals surface area contributed by atoms with Crippen LogP contribution >= 0.6 is 0 Å². The molecule has 0 N–H and O–H groups in total. The lowest BCUT2D eigenvalue weighted by Crippen LogP contribution is -2.36. The van der Waals surface area contributed by atoms with Gasteiger partial charge in [-0.05, 0) is 24.5 Å². The maximum absolute atomic E-state index is 12.5. The first-order valence-corrected chi connectivity index (χ1v) is 7.83. The number of rotatable bonds is 4. The van der Waals surface area contributed by atoms with E-state index in [4.69, 9.17) is 0 Å². The molecule has 0 aliphatic carbocycles. The van der Waals surface area contributed by atoms with Gasteiger partial charge in [0.05, 0.1) is 6.04 Å². The van der Waals surface area contributed by atoms with Crippen LogP contribution in [0, 0.1) is 11.8 Å². The molecule has 1 aliphatic rings. The summed E-state index contributed by atoms with van der Waals surface area (Å²) in [5.74, 6) is 0.414. The van der Waals surface area contributed by atoms with Crippen LogP contribution in [-0.2, 0) is 4.79 Å². The summed E-state index contributed by atoms with van der Waals surface area (Å²) < 4.78 is 0. The van der Waals surface area contributed by atoms with Crippen LogP contribution in [0.1, 0.15) is 63.5 Å². The van der Waals surface area contributed by atoms with E-state index >= 15 is 0 Å². The molecular formula is C18H27NO2. The fourth-order valence-corrected chi connectivity index (χ4v) is 2.75. The third kappa shape index (κ3) is 3.52. The highest BCUT2D eigenvalue weighted by Gasteiger charge is 2.40. The Hall–Kier alpha value is -1.64. The standard InChI is InChI=1S/C16H21NO2.C2H6/c1-10(2)9-17-15(11(3)12(4)18)13-7-5-6-8-14(13)16(17)19;1-2/h5-8,10-11,15H,9H2,1-4H3;1-2H3. The number of fused-ring (bicyclic) bond motifs is 1. The van der Waals surface area contributed by atoms with E-state index in [0.717, 1.165) is 11.1 Å². The second-order valence-corrected chi connectivity index (χ2v) is 5.78. The quantitative estimate of drug-likeness (QED) is 0.837. The smallest absolute Gasteiger partial charge is 0.254 e. The molecule has 1 amide bonds. The largest absolute Gasteiger partial charge is 0.331 e. The van der Waals surface area contributed by atoms with E-state index in [1.54, 1.807) is 6.92 Å². The minimum absolute atomic E-state index is 0.0578. The van der Waals surface area contributed by atoms with Gasteiger partial charge in [-0.3, -0.25) is 9.59 Å². The van der Waals surface area contributed by atoms with Gasteiger partial charge in [-0.15, -0.1) is 0 Å². The van der Waals surface area contributed by atoms with Gasteiger partial charge in [-0.25, -0.2) is 0 Å².